The Morgan fingerprint density at radius 3 is 2.70 bits per heavy atom. The highest BCUT2D eigenvalue weighted by Crippen LogP contribution is 2.27. The van der Waals surface area contributed by atoms with Gasteiger partial charge in [0.1, 0.15) is 5.75 Å². The van der Waals surface area contributed by atoms with Crippen molar-refractivity contribution in [3.05, 3.63) is 22.7 Å². The van der Waals surface area contributed by atoms with Crippen molar-refractivity contribution in [2.45, 2.75) is 4.90 Å². The van der Waals surface area contributed by atoms with Crippen LogP contribution in [-0.2, 0) is 19.6 Å². The van der Waals surface area contributed by atoms with Gasteiger partial charge in [0, 0.05) is 13.7 Å². The highest BCUT2D eigenvalue weighted by Gasteiger charge is 2.11. The molecule has 0 aliphatic rings. The molecule has 0 heterocycles. The number of benzene rings is 1. The van der Waals surface area contributed by atoms with Crippen LogP contribution in [0.3, 0.4) is 0 Å². The lowest BCUT2D eigenvalue weighted by Crippen LogP contribution is -2.31. The van der Waals surface area contributed by atoms with Gasteiger partial charge < -0.3 is 14.8 Å². The first-order valence-electron chi connectivity index (χ1n) is 5.55. The molecule has 0 atom stereocenters. The fraction of sp³-hybridized carbons (Fsp3) is 0.364. The maximum atomic E-state index is 11.4. The number of carbonyl (C=O) groups is 1. The summed E-state index contributed by atoms with van der Waals surface area (Å²) < 4.78 is 32.7. The minimum atomic E-state index is -3.77. The van der Waals surface area contributed by atoms with Gasteiger partial charge in [-0.1, -0.05) is 0 Å². The van der Waals surface area contributed by atoms with Crippen LogP contribution in [0, 0.1) is 0 Å². The lowest BCUT2D eigenvalue weighted by molar-refractivity contribution is -0.123. The number of nitrogens with one attached hydrogen (secondary N) is 1. The molecule has 0 saturated heterocycles. The summed E-state index contributed by atoms with van der Waals surface area (Å²) in [4.78, 5) is 11.4. The Kier molecular flexibility index (Phi) is 6.40. The number of ether oxygens (including phenoxy) is 2. The van der Waals surface area contributed by atoms with Gasteiger partial charge >= 0.3 is 0 Å². The number of nitrogens with two attached hydrogens (primary N) is 1. The number of hydrogen-bond acceptors (Lipinski definition) is 5. The van der Waals surface area contributed by atoms with Crippen LogP contribution in [0.2, 0.25) is 0 Å². The Morgan fingerprint density at radius 2 is 2.15 bits per heavy atom. The third-order valence-electron chi connectivity index (χ3n) is 2.22. The molecule has 1 aromatic rings. The molecule has 3 N–H and O–H groups in total. The van der Waals surface area contributed by atoms with E-state index in [9.17, 15) is 13.2 Å². The van der Waals surface area contributed by atoms with Crippen LogP contribution in [0.15, 0.2) is 27.6 Å². The average Bonchev–Trinajstić information content (AvgIpc) is 2.36. The van der Waals surface area contributed by atoms with Gasteiger partial charge in [-0.05, 0) is 34.1 Å². The van der Waals surface area contributed by atoms with Crippen molar-refractivity contribution in [1.29, 1.82) is 0 Å². The van der Waals surface area contributed by atoms with E-state index in [0.717, 1.165) is 0 Å². The van der Waals surface area contributed by atoms with E-state index in [1.165, 1.54) is 25.3 Å². The molecule has 0 spiro atoms. The number of primary sulfonamides is 1. The molecular formula is C11H15BrN2O5S. The van der Waals surface area contributed by atoms with Gasteiger partial charge in [-0.3, -0.25) is 4.79 Å². The lowest BCUT2D eigenvalue weighted by Gasteiger charge is -2.09. The van der Waals surface area contributed by atoms with Crippen LogP contribution in [0.25, 0.3) is 0 Å². The highest BCUT2D eigenvalue weighted by atomic mass is 79.9. The molecule has 1 rings (SSSR count). The van der Waals surface area contributed by atoms with Crippen molar-refractivity contribution in [2.24, 2.45) is 5.14 Å². The van der Waals surface area contributed by atoms with E-state index in [4.69, 9.17) is 14.6 Å². The topological polar surface area (TPSA) is 108 Å². The Hall–Kier alpha value is -1.16. The summed E-state index contributed by atoms with van der Waals surface area (Å²) in [5.41, 5.74) is 0. The van der Waals surface area contributed by atoms with E-state index >= 15 is 0 Å². The van der Waals surface area contributed by atoms with Gasteiger partial charge in [-0.15, -0.1) is 0 Å². The fourth-order valence-corrected chi connectivity index (χ4v) is 2.45. The molecule has 9 heteroatoms. The summed E-state index contributed by atoms with van der Waals surface area (Å²) in [6, 6.07) is 4.04. The summed E-state index contributed by atoms with van der Waals surface area (Å²) in [5.74, 6) is 0.0452. The maximum absolute atomic E-state index is 11.4. The van der Waals surface area contributed by atoms with Crippen LogP contribution >= 0.6 is 15.9 Å². The van der Waals surface area contributed by atoms with Crippen LogP contribution < -0.4 is 15.2 Å². The van der Waals surface area contributed by atoms with E-state index in [-0.39, 0.29) is 17.4 Å². The molecule has 0 bridgehead atoms. The van der Waals surface area contributed by atoms with E-state index in [2.05, 4.69) is 21.2 Å². The molecule has 7 nitrogen and oxygen atoms in total. The lowest BCUT2D eigenvalue weighted by atomic mass is 10.3. The van der Waals surface area contributed by atoms with Crippen LogP contribution in [0.4, 0.5) is 0 Å². The van der Waals surface area contributed by atoms with E-state index in [0.29, 0.717) is 23.4 Å². The van der Waals surface area contributed by atoms with Crippen LogP contribution in [0.1, 0.15) is 0 Å². The second-order valence-corrected chi connectivity index (χ2v) is 6.18. The molecule has 0 radical (unpaired) electrons. The zero-order chi connectivity index (χ0) is 15.2. The molecule has 0 aliphatic carbocycles. The first-order valence-corrected chi connectivity index (χ1v) is 7.89. The van der Waals surface area contributed by atoms with Crippen molar-refractivity contribution in [3.63, 3.8) is 0 Å². The van der Waals surface area contributed by atoms with Crippen molar-refractivity contribution in [1.82, 2.24) is 5.32 Å². The SMILES string of the molecule is COCCNC(=O)COc1ccc(S(N)(=O)=O)cc1Br. The maximum Gasteiger partial charge on any atom is 0.258 e. The number of halogens is 1. The summed E-state index contributed by atoms with van der Waals surface area (Å²) in [5, 5.41) is 7.59. The number of methoxy groups -OCH3 is 1. The summed E-state index contributed by atoms with van der Waals surface area (Å²) >= 11 is 3.16. The number of amides is 1. The minimum absolute atomic E-state index is 0.0405. The number of rotatable bonds is 7. The van der Waals surface area contributed by atoms with Gasteiger partial charge in [-0.25, -0.2) is 13.6 Å². The van der Waals surface area contributed by atoms with Crippen molar-refractivity contribution in [2.75, 3.05) is 26.9 Å². The average molecular weight is 367 g/mol. The number of carbonyl (C=O) groups excluding carboxylic acids is 1. The van der Waals surface area contributed by atoms with Crippen molar-refractivity contribution in [3.8, 4) is 5.75 Å². The smallest absolute Gasteiger partial charge is 0.258 e. The summed E-state index contributed by atoms with van der Waals surface area (Å²) in [6.07, 6.45) is 0. The quantitative estimate of drug-likeness (QED) is 0.672. The summed E-state index contributed by atoms with van der Waals surface area (Å²) in [6.45, 7) is 0.625. The molecule has 0 aromatic heterocycles. The highest BCUT2D eigenvalue weighted by molar-refractivity contribution is 9.10. The Balaban J connectivity index is 2.59. The van der Waals surface area contributed by atoms with Crippen molar-refractivity contribution >= 4 is 31.9 Å². The molecule has 0 fully saturated rings. The Bertz CT molecular complexity index is 576. The van der Waals surface area contributed by atoms with Gasteiger partial charge in [-0.2, -0.15) is 0 Å². The van der Waals surface area contributed by atoms with Gasteiger partial charge in [0.05, 0.1) is 16.0 Å². The standard InChI is InChI=1S/C11H15BrN2O5S/c1-18-5-4-14-11(15)7-19-10-3-2-8(6-9(10)12)20(13,16)17/h2-3,6H,4-5,7H2,1H3,(H,14,15)(H2,13,16,17). The molecule has 112 valence electrons. The first-order chi connectivity index (χ1) is 9.34. The van der Waals surface area contributed by atoms with E-state index in [1.807, 2.05) is 0 Å². The number of sulfonamides is 1. The second kappa shape index (κ2) is 7.58. The van der Waals surface area contributed by atoms with Gasteiger partial charge in [0.25, 0.3) is 5.91 Å². The first kappa shape index (κ1) is 16.9. The third kappa shape index (κ3) is 5.45. The number of hydrogen-bond donors (Lipinski definition) is 2. The largest absolute Gasteiger partial charge is 0.483 e. The Labute approximate surface area is 125 Å². The normalized spacial score (nSPS) is 11.2. The van der Waals surface area contributed by atoms with Crippen LogP contribution in [-0.4, -0.2) is 41.2 Å². The zero-order valence-electron chi connectivity index (χ0n) is 10.8. The molecule has 1 amide bonds. The van der Waals surface area contributed by atoms with Crippen LogP contribution in [0.5, 0.6) is 5.75 Å². The monoisotopic (exact) mass is 366 g/mol. The molecule has 0 saturated carbocycles. The predicted molar refractivity (Wildman–Crippen MR) is 75.9 cm³/mol. The minimum Gasteiger partial charge on any atom is -0.483 e. The van der Waals surface area contributed by atoms with E-state index < -0.39 is 10.0 Å². The molecular weight excluding hydrogens is 352 g/mol. The molecule has 20 heavy (non-hydrogen) atoms. The molecule has 0 unspecified atom stereocenters. The van der Waals surface area contributed by atoms with Gasteiger partial charge in [0.15, 0.2) is 6.61 Å². The van der Waals surface area contributed by atoms with Gasteiger partial charge in [0.2, 0.25) is 10.0 Å². The third-order valence-corrected chi connectivity index (χ3v) is 3.75. The predicted octanol–water partition coefficient (Wildman–Crippen LogP) is 0.238. The van der Waals surface area contributed by atoms with Crippen molar-refractivity contribution < 1.29 is 22.7 Å². The molecule has 0 aliphatic heterocycles. The molecule has 1 aromatic carbocycles. The van der Waals surface area contributed by atoms with E-state index in [1.54, 1.807) is 0 Å². The zero-order valence-corrected chi connectivity index (χ0v) is 13.2. The summed E-state index contributed by atoms with van der Waals surface area (Å²) in [7, 11) is -2.23. The fourth-order valence-electron chi connectivity index (χ4n) is 1.26. The Morgan fingerprint density at radius 1 is 1.45 bits per heavy atom. The second-order valence-electron chi connectivity index (χ2n) is 3.77.